The second kappa shape index (κ2) is 4.28. The van der Waals surface area contributed by atoms with Crippen LogP contribution < -0.4 is 0 Å². The molecule has 0 atom stereocenters. The van der Waals surface area contributed by atoms with Gasteiger partial charge in [0.25, 0.3) is 0 Å². The highest BCUT2D eigenvalue weighted by Crippen LogP contribution is 2.41. The van der Waals surface area contributed by atoms with Crippen molar-refractivity contribution in [2.45, 2.75) is 6.42 Å². The van der Waals surface area contributed by atoms with Gasteiger partial charge >= 0.3 is 0 Å². The van der Waals surface area contributed by atoms with E-state index in [1.54, 1.807) is 18.2 Å². The van der Waals surface area contributed by atoms with Crippen molar-refractivity contribution in [2.75, 3.05) is 0 Å². The van der Waals surface area contributed by atoms with Crippen LogP contribution in [-0.2, 0) is 6.42 Å². The number of aldehydes is 3. The molecule has 3 rings (SSSR count). The normalized spacial score (nSPS) is 11.6. The zero-order valence-corrected chi connectivity index (χ0v) is 10.1. The Morgan fingerprint density at radius 2 is 1.37 bits per heavy atom. The lowest BCUT2D eigenvalue weighted by atomic mass is 9.94. The van der Waals surface area contributed by atoms with Crippen LogP contribution >= 0.6 is 0 Å². The highest BCUT2D eigenvalue weighted by atomic mass is 16.1. The van der Waals surface area contributed by atoms with Gasteiger partial charge in [-0.05, 0) is 28.7 Å². The molecule has 0 amide bonds. The van der Waals surface area contributed by atoms with Gasteiger partial charge < -0.3 is 0 Å². The first-order valence-corrected chi connectivity index (χ1v) is 5.93. The average Bonchev–Trinajstić information content (AvgIpc) is 2.85. The summed E-state index contributed by atoms with van der Waals surface area (Å²) in [5.74, 6) is 0. The molecule has 2 aromatic carbocycles. The van der Waals surface area contributed by atoms with Crippen molar-refractivity contribution < 1.29 is 14.4 Å². The Morgan fingerprint density at radius 3 is 2.05 bits per heavy atom. The summed E-state index contributed by atoms with van der Waals surface area (Å²) >= 11 is 0. The van der Waals surface area contributed by atoms with E-state index in [0.717, 1.165) is 41.1 Å². The van der Waals surface area contributed by atoms with Gasteiger partial charge in [0.15, 0.2) is 12.6 Å². The summed E-state index contributed by atoms with van der Waals surface area (Å²) in [4.78, 5) is 33.5. The molecule has 3 nitrogen and oxygen atoms in total. The van der Waals surface area contributed by atoms with E-state index in [1.165, 1.54) is 0 Å². The van der Waals surface area contributed by atoms with E-state index in [0.29, 0.717) is 23.1 Å². The number of carbonyl (C=O) groups excluding carboxylic acids is 3. The molecule has 0 radical (unpaired) electrons. The predicted molar refractivity (Wildman–Crippen MR) is 70.8 cm³/mol. The minimum absolute atomic E-state index is 0.522. The molecule has 1 aliphatic rings. The molecule has 0 fully saturated rings. The standard InChI is InChI=1S/C16H10O3/c17-7-11-4-5-13(9-19)16-14(11)6-10-2-1-3-12(8-18)15(10)16/h1-5,7-9H,6H2. The number of hydrogen-bond acceptors (Lipinski definition) is 3. The van der Waals surface area contributed by atoms with E-state index in [4.69, 9.17) is 0 Å². The number of benzene rings is 2. The van der Waals surface area contributed by atoms with Crippen molar-refractivity contribution in [2.24, 2.45) is 0 Å². The lowest BCUT2D eigenvalue weighted by Gasteiger charge is -2.08. The molecule has 0 bridgehead atoms. The van der Waals surface area contributed by atoms with Crippen LogP contribution in [0, 0.1) is 0 Å². The third kappa shape index (κ3) is 1.55. The van der Waals surface area contributed by atoms with Gasteiger partial charge in [0.05, 0.1) is 0 Å². The lowest BCUT2D eigenvalue weighted by molar-refractivity contribution is 0.111. The van der Waals surface area contributed by atoms with Crippen LogP contribution in [0.25, 0.3) is 11.1 Å². The van der Waals surface area contributed by atoms with E-state index in [9.17, 15) is 14.4 Å². The number of rotatable bonds is 3. The lowest BCUT2D eigenvalue weighted by Crippen LogP contribution is -1.95. The van der Waals surface area contributed by atoms with E-state index in [2.05, 4.69) is 0 Å². The summed E-state index contributed by atoms with van der Waals surface area (Å²) in [6.07, 6.45) is 2.93. The summed E-state index contributed by atoms with van der Waals surface area (Å²) in [6.45, 7) is 0. The molecular weight excluding hydrogens is 240 g/mol. The third-order valence-electron chi connectivity index (χ3n) is 3.56. The maximum absolute atomic E-state index is 11.2. The maximum atomic E-state index is 11.2. The Balaban J connectivity index is 2.42. The molecule has 0 heterocycles. The summed E-state index contributed by atoms with van der Waals surface area (Å²) < 4.78 is 0. The quantitative estimate of drug-likeness (QED) is 0.671. The number of hydrogen-bond donors (Lipinski definition) is 0. The van der Waals surface area contributed by atoms with E-state index in [-0.39, 0.29) is 0 Å². The fraction of sp³-hybridized carbons (Fsp3) is 0.0625. The Hall–Kier alpha value is -2.55. The number of carbonyl (C=O) groups is 3. The summed E-state index contributed by atoms with van der Waals surface area (Å²) in [5.41, 5.74) is 5.00. The van der Waals surface area contributed by atoms with Gasteiger partial charge in [-0.1, -0.05) is 30.3 Å². The van der Waals surface area contributed by atoms with Crippen molar-refractivity contribution in [1.29, 1.82) is 0 Å². The second-order valence-electron chi connectivity index (χ2n) is 4.51. The van der Waals surface area contributed by atoms with Crippen molar-refractivity contribution in [3.05, 3.63) is 58.1 Å². The second-order valence-corrected chi connectivity index (χ2v) is 4.51. The fourth-order valence-electron chi connectivity index (χ4n) is 2.74. The van der Waals surface area contributed by atoms with Gasteiger partial charge in [-0.15, -0.1) is 0 Å². The van der Waals surface area contributed by atoms with Crippen LogP contribution in [0.3, 0.4) is 0 Å². The van der Waals surface area contributed by atoms with Crippen LogP contribution in [0.15, 0.2) is 30.3 Å². The molecule has 19 heavy (non-hydrogen) atoms. The van der Waals surface area contributed by atoms with Crippen molar-refractivity contribution in [3.63, 3.8) is 0 Å². The summed E-state index contributed by atoms with van der Waals surface area (Å²) in [6, 6.07) is 8.75. The van der Waals surface area contributed by atoms with E-state index >= 15 is 0 Å². The number of fused-ring (bicyclic) bond motifs is 3. The molecule has 1 aliphatic carbocycles. The molecule has 0 unspecified atom stereocenters. The van der Waals surface area contributed by atoms with Crippen molar-refractivity contribution in [1.82, 2.24) is 0 Å². The maximum Gasteiger partial charge on any atom is 0.150 e. The van der Waals surface area contributed by atoms with E-state index < -0.39 is 0 Å². The topological polar surface area (TPSA) is 51.2 Å². The van der Waals surface area contributed by atoms with Crippen LogP contribution in [0.2, 0.25) is 0 Å². The Bertz CT molecular complexity index is 714. The average molecular weight is 250 g/mol. The van der Waals surface area contributed by atoms with Crippen LogP contribution in [0.4, 0.5) is 0 Å². The first kappa shape index (κ1) is 11.5. The zero-order chi connectivity index (χ0) is 13.4. The molecule has 92 valence electrons. The molecular formula is C16H10O3. The van der Waals surface area contributed by atoms with Crippen LogP contribution in [0.5, 0.6) is 0 Å². The van der Waals surface area contributed by atoms with Crippen LogP contribution in [0.1, 0.15) is 42.2 Å². The predicted octanol–water partition coefficient (Wildman–Crippen LogP) is 2.70. The van der Waals surface area contributed by atoms with Gasteiger partial charge in [0, 0.05) is 16.7 Å². The molecule has 0 N–H and O–H groups in total. The minimum Gasteiger partial charge on any atom is -0.298 e. The SMILES string of the molecule is O=Cc1ccc(C=O)c2c1Cc1cccc(C=O)c1-2. The molecule has 0 saturated heterocycles. The summed E-state index contributed by atoms with van der Waals surface area (Å²) in [5, 5.41) is 0. The monoisotopic (exact) mass is 250 g/mol. The van der Waals surface area contributed by atoms with Crippen LogP contribution in [-0.4, -0.2) is 18.9 Å². The van der Waals surface area contributed by atoms with E-state index in [1.807, 2.05) is 12.1 Å². The van der Waals surface area contributed by atoms with Gasteiger partial charge in [-0.2, -0.15) is 0 Å². The Kier molecular flexibility index (Phi) is 2.60. The molecule has 0 saturated carbocycles. The van der Waals surface area contributed by atoms with Gasteiger partial charge in [-0.3, -0.25) is 14.4 Å². The first-order chi connectivity index (χ1) is 9.30. The first-order valence-electron chi connectivity index (χ1n) is 5.93. The molecule has 3 heteroatoms. The smallest absolute Gasteiger partial charge is 0.150 e. The highest BCUT2D eigenvalue weighted by Gasteiger charge is 2.25. The fourth-order valence-corrected chi connectivity index (χ4v) is 2.74. The van der Waals surface area contributed by atoms with Gasteiger partial charge in [-0.25, -0.2) is 0 Å². The molecule has 0 aliphatic heterocycles. The Morgan fingerprint density at radius 1 is 0.737 bits per heavy atom. The van der Waals surface area contributed by atoms with Crippen molar-refractivity contribution in [3.8, 4) is 11.1 Å². The Labute approximate surface area is 109 Å². The highest BCUT2D eigenvalue weighted by molar-refractivity contribution is 6.01. The molecule has 2 aromatic rings. The summed E-state index contributed by atoms with van der Waals surface area (Å²) in [7, 11) is 0. The van der Waals surface area contributed by atoms with Gasteiger partial charge in [0.2, 0.25) is 0 Å². The third-order valence-corrected chi connectivity index (χ3v) is 3.56. The largest absolute Gasteiger partial charge is 0.298 e. The zero-order valence-electron chi connectivity index (χ0n) is 10.1. The van der Waals surface area contributed by atoms with Gasteiger partial charge in [0.1, 0.15) is 6.29 Å². The molecule has 0 aromatic heterocycles. The van der Waals surface area contributed by atoms with Crippen molar-refractivity contribution >= 4 is 18.9 Å². The molecule has 0 spiro atoms. The minimum atomic E-state index is 0.522.